The van der Waals surface area contributed by atoms with Gasteiger partial charge in [0.05, 0.1) is 24.9 Å². The molecule has 15 unspecified atom stereocenters. The maximum absolute atomic E-state index is 14.6. The van der Waals surface area contributed by atoms with Crippen molar-refractivity contribution in [1.29, 1.82) is 0 Å². The SMILES string of the molecule is C=C(C)CCC(=O)C(C)(O)C1C(O)CC2(C)C3CC=C4C(CC(O)C(OC5OC(CO)C(O)C(O)C5O)C4(C)C)C3(C)C(=O)CC12C. The number of hydrogen-bond acceptors (Lipinski definition) is 11. The Morgan fingerprint density at radius 3 is 2.26 bits per heavy atom. The first kappa shape index (κ1) is 36.7. The number of allylic oxidation sites excluding steroid dienone is 2. The molecule has 5 aliphatic rings. The van der Waals surface area contributed by atoms with Crippen molar-refractivity contribution in [3.63, 3.8) is 0 Å². The first-order valence-corrected chi connectivity index (χ1v) is 17.1. The van der Waals surface area contributed by atoms with E-state index in [1.54, 1.807) is 0 Å². The Labute approximate surface area is 277 Å². The van der Waals surface area contributed by atoms with Crippen molar-refractivity contribution >= 4 is 11.6 Å². The minimum atomic E-state index is -1.84. The monoisotopic (exact) mass is 664 g/mol. The van der Waals surface area contributed by atoms with E-state index in [2.05, 4.69) is 19.6 Å². The molecule has 0 radical (unpaired) electrons. The lowest BCUT2D eigenvalue weighted by Gasteiger charge is -2.65. The van der Waals surface area contributed by atoms with Crippen molar-refractivity contribution in [2.45, 2.75) is 142 Å². The van der Waals surface area contributed by atoms with Crippen LogP contribution in [0.4, 0.5) is 0 Å². The first-order valence-electron chi connectivity index (χ1n) is 17.1. The first-order chi connectivity index (χ1) is 21.6. The Hall–Kier alpha value is -1.54. The van der Waals surface area contributed by atoms with Crippen LogP contribution in [-0.4, -0.2) is 109 Å². The van der Waals surface area contributed by atoms with Gasteiger partial charge in [-0.1, -0.05) is 51.8 Å². The molecule has 3 saturated carbocycles. The van der Waals surface area contributed by atoms with Crippen LogP contribution in [0, 0.1) is 39.4 Å². The molecule has 4 fully saturated rings. The highest BCUT2D eigenvalue weighted by molar-refractivity contribution is 5.90. The summed E-state index contributed by atoms with van der Waals surface area (Å²) in [5.41, 5.74) is -3.37. The summed E-state index contributed by atoms with van der Waals surface area (Å²) in [5, 5.41) is 75.9. The Balaban J connectivity index is 1.47. The molecular formula is C36H56O11. The molecule has 7 N–H and O–H groups in total. The third-order valence-electron chi connectivity index (χ3n) is 13.7. The van der Waals surface area contributed by atoms with Crippen LogP contribution in [0.3, 0.4) is 0 Å². The lowest BCUT2D eigenvalue weighted by atomic mass is 9.38. The zero-order chi connectivity index (χ0) is 35.2. The maximum atomic E-state index is 14.6. The van der Waals surface area contributed by atoms with Crippen molar-refractivity contribution in [3.05, 3.63) is 23.8 Å². The van der Waals surface area contributed by atoms with Gasteiger partial charge in [0.1, 0.15) is 35.8 Å². The average Bonchev–Trinajstić information content (AvgIpc) is 3.18. The Kier molecular flexibility index (Phi) is 9.42. The van der Waals surface area contributed by atoms with Crippen molar-refractivity contribution in [1.82, 2.24) is 0 Å². The average molecular weight is 665 g/mol. The molecule has 266 valence electrons. The summed E-state index contributed by atoms with van der Waals surface area (Å²) in [7, 11) is 0. The van der Waals surface area contributed by atoms with Gasteiger partial charge in [0, 0.05) is 29.6 Å². The predicted molar refractivity (Wildman–Crippen MR) is 170 cm³/mol. The Bertz CT molecular complexity index is 1310. The zero-order valence-corrected chi connectivity index (χ0v) is 28.8. The van der Waals surface area contributed by atoms with Crippen molar-refractivity contribution < 1.29 is 54.8 Å². The number of hydrogen-bond donors (Lipinski definition) is 7. The maximum Gasteiger partial charge on any atom is 0.187 e. The van der Waals surface area contributed by atoms with E-state index in [0.717, 1.165) is 11.1 Å². The Morgan fingerprint density at radius 2 is 1.66 bits per heavy atom. The fraction of sp³-hybridized carbons (Fsp3) is 0.833. The quantitative estimate of drug-likeness (QED) is 0.186. The molecule has 0 spiro atoms. The molecular weight excluding hydrogens is 608 g/mol. The minimum absolute atomic E-state index is 0.0290. The number of carbonyl (C=O) groups is 2. The van der Waals surface area contributed by atoms with Gasteiger partial charge >= 0.3 is 0 Å². The molecule has 0 aromatic carbocycles. The molecule has 0 aromatic rings. The summed E-state index contributed by atoms with van der Waals surface area (Å²) < 4.78 is 11.8. The third kappa shape index (κ3) is 5.26. The highest BCUT2D eigenvalue weighted by Crippen LogP contribution is 2.74. The molecule has 1 heterocycles. The summed E-state index contributed by atoms with van der Waals surface area (Å²) in [6, 6.07) is 0. The number of aliphatic hydroxyl groups excluding tert-OH is 6. The van der Waals surface area contributed by atoms with Crippen LogP contribution in [0.15, 0.2) is 23.8 Å². The molecule has 11 heteroatoms. The van der Waals surface area contributed by atoms with Gasteiger partial charge in [-0.15, -0.1) is 6.58 Å². The molecule has 0 bridgehead atoms. The second kappa shape index (κ2) is 12.1. The minimum Gasteiger partial charge on any atom is -0.394 e. The van der Waals surface area contributed by atoms with E-state index in [1.165, 1.54) is 6.92 Å². The van der Waals surface area contributed by atoms with Crippen LogP contribution in [0.1, 0.15) is 87.0 Å². The summed E-state index contributed by atoms with van der Waals surface area (Å²) in [6.45, 7) is 16.3. The van der Waals surface area contributed by atoms with Gasteiger partial charge in [-0.2, -0.15) is 0 Å². The van der Waals surface area contributed by atoms with Crippen LogP contribution >= 0.6 is 0 Å². The van der Waals surface area contributed by atoms with Crippen LogP contribution in [0.2, 0.25) is 0 Å². The lowest BCUT2D eigenvalue weighted by Crippen LogP contribution is -2.66. The third-order valence-corrected chi connectivity index (χ3v) is 13.7. The number of ketones is 2. The van der Waals surface area contributed by atoms with E-state index in [0.29, 0.717) is 19.3 Å². The Morgan fingerprint density at radius 1 is 1.02 bits per heavy atom. The number of rotatable bonds is 8. The fourth-order valence-corrected chi connectivity index (χ4v) is 10.9. The van der Waals surface area contributed by atoms with Crippen LogP contribution in [0.25, 0.3) is 0 Å². The van der Waals surface area contributed by atoms with Crippen molar-refractivity contribution in [2.24, 2.45) is 39.4 Å². The standard InChI is InChI=1S/C36H56O11/c1-17(2)9-12-24(40)36(8,45)29-21(39)14-33(5)23-11-10-18-19(35(23,7)25(41)15-34(29,33)6)13-20(38)30(32(18,3)4)47-31-28(44)27(43)26(42)22(16-37)46-31/h10,19-23,26-31,37-39,42-45H,1,9,11-16H2,2-8H3. The molecule has 1 aliphatic heterocycles. The zero-order valence-electron chi connectivity index (χ0n) is 28.8. The molecule has 47 heavy (non-hydrogen) atoms. The lowest BCUT2D eigenvalue weighted by molar-refractivity contribution is -0.327. The molecule has 5 rings (SSSR count). The van der Waals surface area contributed by atoms with Gasteiger partial charge in [0.2, 0.25) is 0 Å². The largest absolute Gasteiger partial charge is 0.394 e. The van der Waals surface area contributed by atoms with Crippen LogP contribution in [0.5, 0.6) is 0 Å². The van der Waals surface area contributed by atoms with E-state index < -0.39 is 88.8 Å². The fourth-order valence-electron chi connectivity index (χ4n) is 10.9. The summed E-state index contributed by atoms with van der Waals surface area (Å²) in [5.74, 6) is -1.87. The van der Waals surface area contributed by atoms with Crippen molar-refractivity contribution in [2.75, 3.05) is 6.61 Å². The smallest absolute Gasteiger partial charge is 0.187 e. The van der Waals surface area contributed by atoms with Gasteiger partial charge in [-0.3, -0.25) is 9.59 Å². The molecule has 11 nitrogen and oxygen atoms in total. The van der Waals surface area contributed by atoms with Crippen LogP contribution < -0.4 is 0 Å². The second-order valence-electron chi connectivity index (χ2n) is 16.8. The van der Waals surface area contributed by atoms with E-state index >= 15 is 0 Å². The summed E-state index contributed by atoms with van der Waals surface area (Å²) in [6.07, 6.45) is -6.71. The van der Waals surface area contributed by atoms with Gasteiger partial charge in [0.25, 0.3) is 0 Å². The molecule has 1 saturated heterocycles. The van der Waals surface area contributed by atoms with Gasteiger partial charge < -0.3 is 45.2 Å². The van der Waals surface area contributed by atoms with Crippen molar-refractivity contribution in [3.8, 4) is 0 Å². The number of Topliss-reactive ketones (excluding diaryl/α,β-unsaturated/α-hetero) is 2. The van der Waals surface area contributed by atoms with E-state index in [4.69, 9.17) is 9.47 Å². The highest BCUT2D eigenvalue weighted by Gasteiger charge is 2.74. The summed E-state index contributed by atoms with van der Waals surface area (Å²) >= 11 is 0. The van der Waals surface area contributed by atoms with Gasteiger partial charge in [-0.25, -0.2) is 0 Å². The second-order valence-corrected chi connectivity index (χ2v) is 16.8. The predicted octanol–water partition coefficient (Wildman–Crippen LogP) is 1.57. The normalized spacial score (nSPS) is 48.9. The van der Waals surface area contributed by atoms with Gasteiger partial charge in [-0.05, 0) is 62.2 Å². The number of carbonyl (C=O) groups excluding carboxylic acids is 2. The summed E-state index contributed by atoms with van der Waals surface area (Å²) in [4.78, 5) is 28.0. The highest BCUT2D eigenvalue weighted by atomic mass is 16.7. The molecule has 4 aliphatic carbocycles. The van der Waals surface area contributed by atoms with E-state index in [-0.39, 0.29) is 42.7 Å². The van der Waals surface area contributed by atoms with E-state index in [1.807, 2.05) is 34.6 Å². The topological polar surface area (TPSA) is 194 Å². The van der Waals surface area contributed by atoms with Gasteiger partial charge in [0.15, 0.2) is 12.1 Å². The number of fused-ring (bicyclic) bond motifs is 5. The molecule has 0 aromatic heterocycles. The van der Waals surface area contributed by atoms with E-state index in [9.17, 15) is 45.3 Å². The molecule has 15 atom stereocenters. The number of aliphatic hydroxyl groups is 7. The van der Waals surface area contributed by atoms with Crippen LogP contribution in [-0.2, 0) is 19.1 Å². The molecule has 0 amide bonds. The number of ether oxygens (including phenoxy) is 2.